The van der Waals surface area contributed by atoms with E-state index in [1.165, 1.54) is 6.42 Å². The number of piperidine rings is 1. The van der Waals surface area contributed by atoms with Crippen LogP contribution in [0.3, 0.4) is 0 Å². The van der Waals surface area contributed by atoms with Crippen molar-refractivity contribution in [3.05, 3.63) is 17.0 Å². The second-order valence-electron chi connectivity index (χ2n) is 5.18. The van der Waals surface area contributed by atoms with Crippen LogP contribution < -0.4 is 5.32 Å². The fraction of sp³-hybridized carbons (Fsp3) is 0.643. The van der Waals surface area contributed by atoms with E-state index in [1.807, 2.05) is 11.8 Å². The van der Waals surface area contributed by atoms with Crippen molar-refractivity contribution in [3.8, 4) is 0 Å². The van der Waals surface area contributed by atoms with Gasteiger partial charge in [-0.05, 0) is 26.2 Å². The van der Waals surface area contributed by atoms with Gasteiger partial charge in [0, 0.05) is 26.3 Å². The van der Waals surface area contributed by atoms with Gasteiger partial charge in [-0.3, -0.25) is 4.79 Å². The SMILES string of the molecule is COCc1nc(Cl)cc(NC(C)C(=O)N2CCCCC2)n1. The zero-order chi connectivity index (χ0) is 15.2. The molecule has 0 radical (unpaired) electrons. The number of ether oxygens (including phenoxy) is 1. The van der Waals surface area contributed by atoms with Gasteiger partial charge in [-0.15, -0.1) is 0 Å². The van der Waals surface area contributed by atoms with Crippen molar-refractivity contribution in [2.45, 2.75) is 38.8 Å². The number of amides is 1. The molecule has 2 rings (SSSR count). The highest BCUT2D eigenvalue weighted by Crippen LogP contribution is 2.15. The van der Waals surface area contributed by atoms with Gasteiger partial charge in [-0.2, -0.15) is 0 Å². The molecule has 6 nitrogen and oxygen atoms in total. The van der Waals surface area contributed by atoms with Crippen molar-refractivity contribution in [1.82, 2.24) is 14.9 Å². The lowest BCUT2D eigenvalue weighted by atomic mass is 10.1. The number of hydrogen-bond acceptors (Lipinski definition) is 5. The summed E-state index contributed by atoms with van der Waals surface area (Å²) in [6.07, 6.45) is 3.36. The minimum Gasteiger partial charge on any atom is -0.377 e. The number of halogens is 1. The summed E-state index contributed by atoms with van der Waals surface area (Å²) in [6.45, 7) is 3.79. The predicted octanol–water partition coefficient (Wildman–Crippen LogP) is 2.09. The maximum Gasteiger partial charge on any atom is 0.244 e. The molecule has 0 aliphatic carbocycles. The normalized spacial score (nSPS) is 16.6. The predicted molar refractivity (Wildman–Crippen MR) is 81.3 cm³/mol. The van der Waals surface area contributed by atoms with E-state index in [2.05, 4.69) is 15.3 Å². The summed E-state index contributed by atoms with van der Waals surface area (Å²) in [6, 6.07) is 1.27. The largest absolute Gasteiger partial charge is 0.377 e. The minimum absolute atomic E-state index is 0.0951. The number of aromatic nitrogens is 2. The van der Waals surface area contributed by atoms with Gasteiger partial charge in [0.2, 0.25) is 5.91 Å². The highest BCUT2D eigenvalue weighted by atomic mass is 35.5. The number of carbonyl (C=O) groups is 1. The van der Waals surface area contributed by atoms with Gasteiger partial charge in [0.15, 0.2) is 5.82 Å². The molecule has 7 heteroatoms. The number of rotatable bonds is 5. The lowest BCUT2D eigenvalue weighted by molar-refractivity contribution is -0.132. The fourth-order valence-electron chi connectivity index (χ4n) is 2.40. The third-order valence-electron chi connectivity index (χ3n) is 3.42. The molecule has 1 fully saturated rings. The molecule has 0 saturated carbocycles. The first kappa shape index (κ1) is 16.0. The second kappa shape index (κ2) is 7.56. The van der Waals surface area contributed by atoms with Crippen molar-refractivity contribution in [2.24, 2.45) is 0 Å². The summed E-state index contributed by atoms with van der Waals surface area (Å²) >= 11 is 5.96. The molecule has 1 aliphatic rings. The van der Waals surface area contributed by atoms with Gasteiger partial charge in [-0.25, -0.2) is 9.97 Å². The molecule has 1 aromatic rings. The van der Waals surface area contributed by atoms with E-state index in [4.69, 9.17) is 16.3 Å². The Kier molecular flexibility index (Phi) is 5.76. The molecule has 1 N–H and O–H groups in total. The van der Waals surface area contributed by atoms with Crippen LogP contribution in [0.4, 0.5) is 5.82 Å². The molecule has 1 amide bonds. The van der Waals surface area contributed by atoms with E-state index >= 15 is 0 Å². The molecule has 0 aromatic carbocycles. The first-order chi connectivity index (χ1) is 10.1. The van der Waals surface area contributed by atoms with E-state index in [1.54, 1.807) is 13.2 Å². The molecule has 1 saturated heterocycles. The summed E-state index contributed by atoms with van der Waals surface area (Å²) in [5.74, 6) is 1.13. The smallest absolute Gasteiger partial charge is 0.244 e. The van der Waals surface area contributed by atoms with Crippen LogP contribution in [0.15, 0.2) is 6.07 Å². The molecule has 0 spiro atoms. The van der Waals surface area contributed by atoms with Crippen molar-refractivity contribution in [2.75, 3.05) is 25.5 Å². The lowest BCUT2D eigenvalue weighted by Crippen LogP contribution is -2.44. The van der Waals surface area contributed by atoms with Crippen molar-refractivity contribution < 1.29 is 9.53 Å². The van der Waals surface area contributed by atoms with Crippen LogP contribution in [0.25, 0.3) is 0 Å². The Labute approximate surface area is 129 Å². The monoisotopic (exact) mass is 312 g/mol. The quantitative estimate of drug-likeness (QED) is 0.843. The number of nitrogens with one attached hydrogen (secondary N) is 1. The van der Waals surface area contributed by atoms with E-state index in [-0.39, 0.29) is 18.6 Å². The summed E-state index contributed by atoms with van der Waals surface area (Å²) in [5, 5.41) is 3.43. The number of anilines is 1. The number of methoxy groups -OCH3 is 1. The standard InChI is InChI=1S/C14H21ClN4O2/c1-10(14(20)19-6-4-3-5-7-19)16-12-8-11(15)17-13(18-12)9-21-2/h8,10H,3-7,9H2,1-2H3,(H,16,17,18). The Hall–Kier alpha value is -1.40. The van der Waals surface area contributed by atoms with Gasteiger partial charge in [-0.1, -0.05) is 11.6 Å². The summed E-state index contributed by atoms with van der Waals surface area (Å²) in [4.78, 5) is 22.6. The number of carbonyl (C=O) groups excluding carboxylic acids is 1. The van der Waals surface area contributed by atoms with E-state index in [0.717, 1.165) is 25.9 Å². The van der Waals surface area contributed by atoms with Gasteiger partial charge in [0.25, 0.3) is 0 Å². The topological polar surface area (TPSA) is 67.3 Å². The van der Waals surface area contributed by atoms with Gasteiger partial charge < -0.3 is 15.0 Å². The summed E-state index contributed by atoms with van der Waals surface area (Å²) in [5.41, 5.74) is 0. The van der Waals surface area contributed by atoms with Crippen molar-refractivity contribution in [1.29, 1.82) is 0 Å². The number of hydrogen-bond donors (Lipinski definition) is 1. The molecule has 1 aromatic heterocycles. The van der Waals surface area contributed by atoms with Crippen LogP contribution in [0.1, 0.15) is 32.0 Å². The Morgan fingerprint density at radius 1 is 1.43 bits per heavy atom. The molecular formula is C14H21ClN4O2. The van der Waals surface area contributed by atoms with Crippen LogP contribution in [-0.4, -0.2) is 47.0 Å². The highest BCUT2D eigenvalue weighted by Gasteiger charge is 2.22. The Bertz CT molecular complexity index is 492. The zero-order valence-corrected chi connectivity index (χ0v) is 13.2. The average molecular weight is 313 g/mol. The Balaban J connectivity index is 2.01. The fourth-order valence-corrected chi connectivity index (χ4v) is 2.60. The van der Waals surface area contributed by atoms with Crippen LogP contribution in [0, 0.1) is 0 Å². The third-order valence-corrected chi connectivity index (χ3v) is 3.61. The highest BCUT2D eigenvalue weighted by molar-refractivity contribution is 6.29. The van der Waals surface area contributed by atoms with Gasteiger partial charge >= 0.3 is 0 Å². The molecule has 2 heterocycles. The van der Waals surface area contributed by atoms with Gasteiger partial charge in [0.1, 0.15) is 23.6 Å². The maximum atomic E-state index is 12.4. The van der Waals surface area contributed by atoms with Crippen LogP contribution in [0.2, 0.25) is 5.15 Å². The molecule has 0 bridgehead atoms. The summed E-state index contributed by atoms with van der Waals surface area (Å²) in [7, 11) is 1.57. The minimum atomic E-state index is -0.343. The Morgan fingerprint density at radius 3 is 2.81 bits per heavy atom. The number of nitrogens with zero attached hydrogens (tertiary/aromatic N) is 3. The van der Waals surface area contributed by atoms with Crippen molar-refractivity contribution in [3.63, 3.8) is 0 Å². The molecule has 1 unspecified atom stereocenters. The molecule has 1 aliphatic heterocycles. The first-order valence-corrected chi connectivity index (χ1v) is 7.55. The molecular weight excluding hydrogens is 292 g/mol. The third kappa shape index (κ3) is 4.54. The van der Waals surface area contributed by atoms with Crippen LogP contribution >= 0.6 is 11.6 Å². The molecule has 116 valence electrons. The van der Waals surface area contributed by atoms with Crippen molar-refractivity contribution >= 4 is 23.3 Å². The molecule has 1 atom stereocenters. The van der Waals surface area contributed by atoms with Crippen LogP contribution in [0.5, 0.6) is 0 Å². The van der Waals surface area contributed by atoms with E-state index in [9.17, 15) is 4.79 Å². The first-order valence-electron chi connectivity index (χ1n) is 7.18. The Morgan fingerprint density at radius 2 is 2.14 bits per heavy atom. The van der Waals surface area contributed by atoms with E-state index < -0.39 is 0 Å². The summed E-state index contributed by atoms with van der Waals surface area (Å²) < 4.78 is 5.00. The average Bonchev–Trinajstić information content (AvgIpc) is 2.47. The molecule has 21 heavy (non-hydrogen) atoms. The number of likely N-dealkylation sites (tertiary alicyclic amines) is 1. The maximum absolute atomic E-state index is 12.4. The zero-order valence-electron chi connectivity index (χ0n) is 12.4. The lowest BCUT2D eigenvalue weighted by Gasteiger charge is -2.29. The van der Waals surface area contributed by atoms with E-state index in [0.29, 0.717) is 16.8 Å². The van der Waals surface area contributed by atoms with Crippen LogP contribution in [-0.2, 0) is 16.1 Å². The second-order valence-corrected chi connectivity index (χ2v) is 5.56. The van der Waals surface area contributed by atoms with Gasteiger partial charge in [0.05, 0.1) is 0 Å².